The first-order valence-electron chi connectivity index (χ1n) is 8.91. The Balaban J connectivity index is 1.64. The van der Waals surface area contributed by atoms with Crippen LogP contribution < -0.4 is 10.6 Å². The third-order valence-electron chi connectivity index (χ3n) is 5.08. The van der Waals surface area contributed by atoms with Gasteiger partial charge < -0.3 is 15.4 Å². The second-order valence-corrected chi connectivity index (χ2v) is 6.81. The molecule has 0 atom stereocenters. The zero-order chi connectivity index (χ0) is 18.9. The smallest absolute Gasteiger partial charge is 0.381 e. The number of amidine groups is 1. The minimum atomic E-state index is -4.38. The number of anilines is 1. The van der Waals surface area contributed by atoms with Crippen LogP contribution in [0.3, 0.4) is 0 Å². The maximum absolute atomic E-state index is 13.3. The molecule has 1 fully saturated rings. The van der Waals surface area contributed by atoms with Crippen LogP contribution in [-0.2, 0) is 17.5 Å². The van der Waals surface area contributed by atoms with Gasteiger partial charge in [0.25, 0.3) is 0 Å². The number of nitrogens with zero attached hydrogens (tertiary/aromatic N) is 1. The molecular weight excluding hydrogens is 355 g/mol. The quantitative estimate of drug-likeness (QED) is 0.812. The maximum atomic E-state index is 13.3. The van der Waals surface area contributed by atoms with Gasteiger partial charge in [-0.05, 0) is 23.8 Å². The fourth-order valence-electron chi connectivity index (χ4n) is 3.64. The molecule has 0 aromatic heterocycles. The highest BCUT2D eigenvalue weighted by Crippen LogP contribution is 2.38. The van der Waals surface area contributed by atoms with Crippen molar-refractivity contribution in [3.05, 3.63) is 59.7 Å². The van der Waals surface area contributed by atoms with E-state index in [-0.39, 0.29) is 12.1 Å². The predicted octanol–water partition coefficient (Wildman–Crippen LogP) is 4.50. The molecule has 27 heavy (non-hydrogen) atoms. The van der Waals surface area contributed by atoms with Gasteiger partial charge in [-0.15, -0.1) is 0 Å². The van der Waals surface area contributed by atoms with Gasteiger partial charge in [0, 0.05) is 32.6 Å². The number of para-hydroxylation sites is 2. The summed E-state index contributed by atoms with van der Waals surface area (Å²) < 4.78 is 45.3. The molecule has 2 N–H and O–H groups in total. The Morgan fingerprint density at radius 1 is 1.04 bits per heavy atom. The zero-order valence-electron chi connectivity index (χ0n) is 14.6. The average molecular weight is 375 g/mol. The number of hydrogen-bond acceptors (Lipinski definition) is 4. The van der Waals surface area contributed by atoms with Gasteiger partial charge in [0.15, 0.2) is 0 Å². The van der Waals surface area contributed by atoms with Crippen LogP contribution >= 0.6 is 0 Å². The maximum Gasteiger partial charge on any atom is 0.416 e. The molecule has 0 radical (unpaired) electrons. The third-order valence-corrected chi connectivity index (χ3v) is 5.08. The summed E-state index contributed by atoms with van der Waals surface area (Å²) in [6.07, 6.45) is -2.98. The number of alkyl halides is 3. The van der Waals surface area contributed by atoms with Crippen LogP contribution in [0.1, 0.15) is 24.0 Å². The van der Waals surface area contributed by atoms with Crippen molar-refractivity contribution in [2.24, 2.45) is 4.99 Å². The first-order valence-corrected chi connectivity index (χ1v) is 8.91. The Labute approximate surface area is 155 Å². The van der Waals surface area contributed by atoms with Crippen LogP contribution in [0.5, 0.6) is 0 Å². The van der Waals surface area contributed by atoms with E-state index in [1.54, 1.807) is 6.07 Å². The average Bonchev–Trinajstić information content (AvgIpc) is 2.66. The van der Waals surface area contributed by atoms with Crippen molar-refractivity contribution in [2.45, 2.75) is 31.1 Å². The number of ether oxygens (including phenoxy) is 1. The van der Waals surface area contributed by atoms with Crippen LogP contribution in [-0.4, -0.2) is 24.6 Å². The van der Waals surface area contributed by atoms with Gasteiger partial charge in [-0.3, -0.25) is 0 Å². The van der Waals surface area contributed by atoms with Crippen LogP contribution in [0.4, 0.5) is 24.5 Å². The first-order chi connectivity index (χ1) is 13.0. The molecule has 0 unspecified atom stereocenters. The molecule has 1 spiro atoms. The Morgan fingerprint density at radius 3 is 2.52 bits per heavy atom. The van der Waals surface area contributed by atoms with Crippen molar-refractivity contribution >= 4 is 17.2 Å². The molecule has 0 bridgehead atoms. The number of hydrogen-bond donors (Lipinski definition) is 2. The third kappa shape index (κ3) is 3.51. The summed E-state index contributed by atoms with van der Waals surface area (Å²) in [5.74, 6) is 0.668. The largest absolute Gasteiger partial charge is 0.416 e. The van der Waals surface area contributed by atoms with Gasteiger partial charge in [-0.2, -0.15) is 13.2 Å². The Kier molecular flexibility index (Phi) is 4.55. The SMILES string of the molecule is FC(F)(F)c1ccccc1CNC1=Nc2ccccc2NC12CCOCC2. The molecule has 142 valence electrons. The summed E-state index contributed by atoms with van der Waals surface area (Å²) in [5, 5.41) is 6.73. The summed E-state index contributed by atoms with van der Waals surface area (Å²) in [7, 11) is 0. The van der Waals surface area contributed by atoms with E-state index >= 15 is 0 Å². The predicted molar refractivity (Wildman–Crippen MR) is 98.2 cm³/mol. The molecular formula is C20H20F3N3O. The number of nitrogens with one attached hydrogen (secondary N) is 2. The topological polar surface area (TPSA) is 45.7 Å². The Morgan fingerprint density at radius 2 is 1.74 bits per heavy atom. The highest BCUT2D eigenvalue weighted by atomic mass is 19.4. The molecule has 0 saturated carbocycles. The molecule has 0 amide bonds. The summed E-state index contributed by atoms with van der Waals surface area (Å²) in [6, 6.07) is 13.3. The van der Waals surface area contributed by atoms with Crippen LogP contribution in [0.15, 0.2) is 53.5 Å². The van der Waals surface area contributed by atoms with Gasteiger partial charge in [0.1, 0.15) is 5.84 Å². The summed E-state index contributed by atoms with van der Waals surface area (Å²) >= 11 is 0. The lowest BCUT2D eigenvalue weighted by atomic mass is 9.86. The number of fused-ring (bicyclic) bond motifs is 1. The minimum Gasteiger partial charge on any atom is -0.381 e. The monoisotopic (exact) mass is 375 g/mol. The minimum absolute atomic E-state index is 0.0565. The van der Waals surface area contributed by atoms with Crippen molar-refractivity contribution in [1.29, 1.82) is 0 Å². The van der Waals surface area contributed by atoms with Crippen molar-refractivity contribution in [1.82, 2.24) is 5.32 Å². The summed E-state index contributed by atoms with van der Waals surface area (Å²) in [5.41, 5.74) is 0.846. The molecule has 4 rings (SSSR count). The Bertz CT molecular complexity index is 858. The molecule has 2 aliphatic heterocycles. The van der Waals surface area contributed by atoms with Crippen LogP contribution in [0.2, 0.25) is 0 Å². The Hall–Kier alpha value is -2.54. The standard InChI is InChI=1S/C20H20F3N3O/c21-20(22,23)15-6-2-1-5-14(15)13-24-18-19(9-11-27-12-10-19)26-17-8-4-3-7-16(17)25-18/h1-8,26H,9-13H2,(H,24,25). The van der Waals surface area contributed by atoms with Gasteiger partial charge >= 0.3 is 6.18 Å². The zero-order valence-corrected chi connectivity index (χ0v) is 14.6. The van der Waals surface area contributed by atoms with E-state index in [1.165, 1.54) is 12.1 Å². The summed E-state index contributed by atoms with van der Waals surface area (Å²) in [4.78, 5) is 4.74. The lowest BCUT2D eigenvalue weighted by molar-refractivity contribution is -0.138. The molecule has 2 heterocycles. The van der Waals surface area contributed by atoms with E-state index in [0.29, 0.717) is 31.9 Å². The first kappa shape index (κ1) is 17.9. The van der Waals surface area contributed by atoms with Crippen molar-refractivity contribution in [3.63, 3.8) is 0 Å². The molecule has 7 heteroatoms. The number of halogens is 3. The highest BCUT2D eigenvalue weighted by Gasteiger charge is 2.41. The van der Waals surface area contributed by atoms with Crippen molar-refractivity contribution < 1.29 is 17.9 Å². The molecule has 2 aliphatic rings. The van der Waals surface area contributed by atoms with Gasteiger partial charge in [0.05, 0.1) is 22.5 Å². The number of aliphatic imine (C=N–C) groups is 1. The van der Waals surface area contributed by atoms with Gasteiger partial charge in [0.2, 0.25) is 0 Å². The fraction of sp³-hybridized carbons (Fsp3) is 0.350. The van der Waals surface area contributed by atoms with Crippen molar-refractivity contribution in [3.8, 4) is 0 Å². The van der Waals surface area contributed by atoms with Gasteiger partial charge in [-0.25, -0.2) is 4.99 Å². The lowest BCUT2D eigenvalue weighted by Gasteiger charge is -2.42. The van der Waals surface area contributed by atoms with Crippen LogP contribution in [0, 0.1) is 0 Å². The molecule has 2 aromatic rings. The van der Waals surface area contributed by atoms with Crippen molar-refractivity contribution in [2.75, 3.05) is 18.5 Å². The number of rotatable bonds is 2. The summed E-state index contributed by atoms with van der Waals surface area (Å²) in [6.45, 7) is 1.21. The second-order valence-electron chi connectivity index (χ2n) is 6.81. The van der Waals surface area contributed by atoms with E-state index in [4.69, 9.17) is 9.73 Å². The molecule has 4 nitrogen and oxygen atoms in total. The highest BCUT2D eigenvalue weighted by molar-refractivity contribution is 6.00. The normalized spacial score (nSPS) is 18.4. The van der Waals surface area contributed by atoms with E-state index in [0.717, 1.165) is 17.4 Å². The fourth-order valence-corrected chi connectivity index (χ4v) is 3.64. The van der Waals surface area contributed by atoms with Gasteiger partial charge in [-0.1, -0.05) is 30.3 Å². The van der Waals surface area contributed by atoms with E-state index < -0.39 is 17.3 Å². The van der Waals surface area contributed by atoms with Crippen LogP contribution in [0.25, 0.3) is 0 Å². The molecule has 1 saturated heterocycles. The van der Waals surface area contributed by atoms with E-state index in [1.807, 2.05) is 24.3 Å². The second kappa shape index (κ2) is 6.88. The lowest BCUT2D eigenvalue weighted by Crippen LogP contribution is -2.56. The van der Waals surface area contributed by atoms with E-state index in [9.17, 15) is 13.2 Å². The molecule has 0 aliphatic carbocycles. The molecule has 2 aromatic carbocycles. The number of benzene rings is 2. The van der Waals surface area contributed by atoms with E-state index in [2.05, 4.69) is 10.6 Å².